The molecule has 1 N–H and O–H groups in total. The monoisotopic (exact) mass is 348 g/mol. The van der Waals surface area contributed by atoms with Gasteiger partial charge >= 0.3 is 0 Å². The molecule has 2 heterocycles. The first-order valence-corrected chi connectivity index (χ1v) is 9.28. The normalized spacial score (nSPS) is 18.1. The van der Waals surface area contributed by atoms with Gasteiger partial charge in [0.25, 0.3) is 0 Å². The molecule has 3 rings (SSSR count). The fourth-order valence-electron chi connectivity index (χ4n) is 3.04. The van der Waals surface area contributed by atoms with Gasteiger partial charge in [0, 0.05) is 36.0 Å². The van der Waals surface area contributed by atoms with E-state index in [1.54, 1.807) is 11.3 Å². The van der Waals surface area contributed by atoms with E-state index in [-0.39, 0.29) is 11.9 Å². The smallest absolute Gasteiger partial charge is 0.223 e. The Bertz CT molecular complexity index is 644. The molecule has 122 valence electrons. The summed E-state index contributed by atoms with van der Waals surface area (Å²) in [5.41, 5.74) is 1.04. The van der Waals surface area contributed by atoms with Gasteiger partial charge in [-0.1, -0.05) is 35.9 Å². The molecule has 0 aliphatic carbocycles. The number of halogens is 1. The van der Waals surface area contributed by atoms with Crippen molar-refractivity contribution in [2.45, 2.75) is 25.3 Å². The van der Waals surface area contributed by atoms with Crippen LogP contribution in [0.4, 0.5) is 0 Å². The average molecular weight is 349 g/mol. The van der Waals surface area contributed by atoms with Gasteiger partial charge in [-0.3, -0.25) is 4.79 Å². The number of nitrogens with one attached hydrogen (secondary N) is 1. The quantitative estimate of drug-likeness (QED) is 0.888. The van der Waals surface area contributed by atoms with Gasteiger partial charge in [-0.25, -0.2) is 0 Å². The number of amides is 1. The molecule has 1 amide bonds. The molecule has 1 fully saturated rings. The second kappa shape index (κ2) is 7.95. The lowest BCUT2D eigenvalue weighted by atomic mass is 10.0. The highest BCUT2D eigenvalue weighted by Crippen LogP contribution is 2.29. The van der Waals surface area contributed by atoms with Crippen molar-refractivity contribution in [1.82, 2.24) is 10.2 Å². The molecule has 1 unspecified atom stereocenters. The van der Waals surface area contributed by atoms with E-state index in [0.29, 0.717) is 6.42 Å². The van der Waals surface area contributed by atoms with Gasteiger partial charge in [-0.05, 0) is 35.9 Å². The number of carbonyl (C=O) groups excluding carboxylic acids is 1. The lowest BCUT2D eigenvalue weighted by Crippen LogP contribution is -2.48. The first-order valence-electron chi connectivity index (χ1n) is 8.02. The highest BCUT2D eigenvalue weighted by atomic mass is 35.5. The van der Waals surface area contributed by atoms with E-state index in [1.165, 1.54) is 4.88 Å². The lowest BCUT2D eigenvalue weighted by molar-refractivity contribution is -0.134. The molecule has 2 aromatic rings. The van der Waals surface area contributed by atoms with E-state index in [1.807, 2.05) is 29.2 Å². The minimum atomic E-state index is 0.0340. The first-order chi connectivity index (χ1) is 11.3. The number of carbonyl (C=O) groups is 1. The molecule has 1 aromatic carbocycles. The van der Waals surface area contributed by atoms with Crippen molar-refractivity contribution in [3.05, 3.63) is 57.2 Å². The third-order valence-corrected chi connectivity index (χ3v) is 5.50. The predicted molar refractivity (Wildman–Crippen MR) is 96.0 cm³/mol. The van der Waals surface area contributed by atoms with Crippen molar-refractivity contribution in [1.29, 1.82) is 0 Å². The minimum absolute atomic E-state index is 0.0340. The molecule has 1 saturated heterocycles. The number of thiophene rings is 1. The van der Waals surface area contributed by atoms with E-state index in [9.17, 15) is 4.79 Å². The standard InChI is InChI=1S/C18H21ClN2OS/c19-16-8-2-1-7-15(16)17-13-20-10-11-21(17)18(22)9-3-5-14-6-4-12-23-14/h1-2,4,6-8,12,17,20H,3,5,9-11,13H2. The van der Waals surface area contributed by atoms with Crippen LogP contribution in [0.2, 0.25) is 5.02 Å². The summed E-state index contributed by atoms with van der Waals surface area (Å²) in [4.78, 5) is 16.0. The van der Waals surface area contributed by atoms with Gasteiger partial charge in [0.15, 0.2) is 0 Å². The molecule has 5 heteroatoms. The van der Waals surface area contributed by atoms with Crippen LogP contribution >= 0.6 is 22.9 Å². The van der Waals surface area contributed by atoms with Gasteiger partial charge in [0.1, 0.15) is 0 Å². The van der Waals surface area contributed by atoms with Crippen LogP contribution < -0.4 is 5.32 Å². The van der Waals surface area contributed by atoms with Crippen molar-refractivity contribution >= 4 is 28.8 Å². The second-order valence-electron chi connectivity index (χ2n) is 5.76. The molecule has 0 radical (unpaired) electrons. The van der Waals surface area contributed by atoms with E-state index in [4.69, 9.17) is 11.6 Å². The van der Waals surface area contributed by atoms with Crippen LogP contribution in [0.25, 0.3) is 0 Å². The number of aryl methyl sites for hydroxylation is 1. The lowest BCUT2D eigenvalue weighted by Gasteiger charge is -2.37. The number of rotatable bonds is 5. The van der Waals surface area contributed by atoms with Crippen LogP contribution in [0.15, 0.2) is 41.8 Å². The van der Waals surface area contributed by atoms with Crippen LogP contribution in [0.1, 0.15) is 29.3 Å². The summed E-state index contributed by atoms with van der Waals surface area (Å²) >= 11 is 8.09. The van der Waals surface area contributed by atoms with Gasteiger partial charge in [0.2, 0.25) is 5.91 Å². The van der Waals surface area contributed by atoms with Crippen molar-refractivity contribution in [2.24, 2.45) is 0 Å². The maximum absolute atomic E-state index is 12.7. The van der Waals surface area contributed by atoms with Crippen LogP contribution in [0.5, 0.6) is 0 Å². The summed E-state index contributed by atoms with van der Waals surface area (Å²) in [6, 6.07) is 12.0. The zero-order chi connectivity index (χ0) is 16.1. The van der Waals surface area contributed by atoms with Crippen LogP contribution in [-0.4, -0.2) is 30.4 Å². The summed E-state index contributed by atoms with van der Waals surface area (Å²) in [6.45, 7) is 2.35. The molecular weight excluding hydrogens is 328 g/mol. The maximum Gasteiger partial charge on any atom is 0.223 e. The maximum atomic E-state index is 12.7. The highest BCUT2D eigenvalue weighted by Gasteiger charge is 2.28. The second-order valence-corrected chi connectivity index (χ2v) is 7.20. The number of nitrogens with zero attached hydrogens (tertiary/aromatic N) is 1. The molecule has 1 atom stereocenters. The predicted octanol–water partition coefficient (Wildman–Crippen LogP) is 3.90. The molecule has 1 aliphatic heterocycles. The van der Waals surface area contributed by atoms with Gasteiger partial charge < -0.3 is 10.2 Å². The van der Waals surface area contributed by atoms with Crippen LogP contribution in [-0.2, 0) is 11.2 Å². The van der Waals surface area contributed by atoms with Crippen molar-refractivity contribution in [3.63, 3.8) is 0 Å². The number of piperazine rings is 1. The van der Waals surface area contributed by atoms with Gasteiger partial charge in [0.05, 0.1) is 6.04 Å². The Morgan fingerprint density at radius 3 is 2.96 bits per heavy atom. The Labute approximate surface area is 146 Å². The van der Waals surface area contributed by atoms with Crippen molar-refractivity contribution < 1.29 is 4.79 Å². The van der Waals surface area contributed by atoms with Gasteiger partial charge in [-0.2, -0.15) is 0 Å². The molecule has 1 aromatic heterocycles. The largest absolute Gasteiger partial charge is 0.333 e. The molecule has 0 saturated carbocycles. The number of benzene rings is 1. The topological polar surface area (TPSA) is 32.3 Å². The SMILES string of the molecule is O=C(CCCc1cccs1)N1CCNCC1c1ccccc1Cl. The fraction of sp³-hybridized carbons (Fsp3) is 0.389. The van der Waals surface area contributed by atoms with Crippen LogP contribution in [0.3, 0.4) is 0 Å². The summed E-state index contributed by atoms with van der Waals surface area (Å²) < 4.78 is 0. The molecule has 1 aliphatic rings. The zero-order valence-electron chi connectivity index (χ0n) is 13.0. The Hall–Kier alpha value is -1.36. The molecule has 3 nitrogen and oxygen atoms in total. The van der Waals surface area contributed by atoms with E-state index < -0.39 is 0 Å². The van der Waals surface area contributed by atoms with E-state index in [2.05, 4.69) is 22.8 Å². The summed E-state index contributed by atoms with van der Waals surface area (Å²) in [7, 11) is 0. The first kappa shape index (κ1) is 16.5. The highest BCUT2D eigenvalue weighted by molar-refractivity contribution is 7.09. The summed E-state index contributed by atoms with van der Waals surface area (Å²) in [6.07, 6.45) is 2.48. The minimum Gasteiger partial charge on any atom is -0.333 e. The fourth-order valence-corrected chi connectivity index (χ4v) is 4.05. The van der Waals surface area contributed by atoms with Gasteiger partial charge in [-0.15, -0.1) is 11.3 Å². The molecule has 23 heavy (non-hydrogen) atoms. The Morgan fingerprint density at radius 2 is 2.17 bits per heavy atom. The third-order valence-electron chi connectivity index (χ3n) is 4.22. The molecule has 0 spiro atoms. The van der Waals surface area contributed by atoms with Crippen molar-refractivity contribution in [3.8, 4) is 0 Å². The number of hydrogen-bond acceptors (Lipinski definition) is 3. The average Bonchev–Trinajstić information content (AvgIpc) is 3.09. The Morgan fingerprint density at radius 1 is 1.30 bits per heavy atom. The van der Waals surface area contributed by atoms with E-state index >= 15 is 0 Å². The summed E-state index contributed by atoms with van der Waals surface area (Å²) in [5.74, 6) is 0.230. The summed E-state index contributed by atoms with van der Waals surface area (Å²) in [5, 5.41) is 6.19. The van der Waals surface area contributed by atoms with E-state index in [0.717, 1.165) is 43.1 Å². The zero-order valence-corrected chi connectivity index (χ0v) is 14.6. The van der Waals surface area contributed by atoms with Crippen molar-refractivity contribution in [2.75, 3.05) is 19.6 Å². The number of hydrogen-bond donors (Lipinski definition) is 1. The third kappa shape index (κ3) is 4.14. The Kier molecular flexibility index (Phi) is 5.70. The molecule has 0 bridgehead atoms. The molecular formula is C18H21ClN2OS. The van der Waals surface area contributed by atoms with Crippen LogP contribution in [0, 0.1) is 0 Å². The Balaban J connectivity index is 1.63.